The van der Waals surface area contributed by atoms with Gasteiger partial charge in [-0.1, -0.05) is 0 Å². The predicted molar refractivity (Wildman–Crippen MR) is 81.9 cm³/mol. The van der Waals surface area contributed by atoms with Crippen LogP contribution in [0.2, 0.25) is 0 Å². The van der Waals surface area contributed by atoms with Crippen LogP contribution in [-0.2, 0) is 6.54 Å². The Kier molecular flexibility index (Phi) is 3.31. The van der Waals surface area contributed by atoms with Gasteiger partial charge in [0, 0.05) is 37.9 Å². The summed E-state index contributed by atoms with van der Waals surface area (Å²) in [4.78, 5) is 25.2. The molecule has 2 aromatic rings. The number of thiazole rings is 1. The van der Waals surface area contributed by atoms with Gasteiger partial charge >= 0.3 is 0 Å². The molecule has 4 rings (SSSR count). The molecule has 1 amide bonds. The lowest BCUT2D eigenvalue weighted by Gasteiger charge is -2.25. The van der Waals surface area contributed by atoms with E-state index in [1.165, 1.54) is 0 Å². The van der Waals surface area contributed by atoms with E-state index < -0.39 is 0 Å². The van der Waals surface area contributed by atoms with E-state index in [1.807, 2.05) is 18.6 Å². The number of hydrogen-bond acceptors (Lipinski definition) is 6. The van der Waals surface area contributed by atoms with Crippen LogP contribution in [0.15, 0.2) is 29.9 Å². The summed E-state index contributed by atoms with van der Waals surface area (Å²) in [6.07, 6.45) is 3.43. The van der Waals surface area contributed by atoms with Crippen molar-refractivity contribution in [2.75, 3.05) is 20.1 Å². The van der Waals surface area contributed by atoms with E-state index in [0.717, 1.165) is 24.6 Å². The van der Waals surface area contributed by atoms with Crippen LogP contribution in [0.3, 0.4) is 0 Å². The third-order valence-electron chi connectivity index (χ3n) is 4.24. The third kappa shape index (κ3) is 2.26. The number of pyridine rings is 1. The molecule has 2 aliphatic rings. The molecular weight excluding hydrogens is 300 g/mol. The normalized spacial score (nSPS) is 24.6. The quantitative estimate of drug-likeness (QED) is 0.835. The van der Waals surface area contributed by atoms with Crippen molar-refractivity contribution >= 4 is 17.2 Å². The summed E-state index contributed by atoms with van der Waals surface area (Å²) in [6.45, 7) is 2.36. The van der Waals surface area contributed by atoms with Crippen molar-refractivity contribution < 1.29 is 9.53 Å². The average molecular weight is 316 g/mol. The van der Waals surface area contributed by atoms with Crippen LogP contribution in [0.5, 0.6) is 5.88 Å². The highest BCUT2D eigenvalue weighted by Gasteiger charge is 2.42. The number of aromatic nitrogens is 2. The monoisotopic (exact) mass is 316 g/mol. The predicted octanol–water partition coefficient (Wildman–Crippen LogP) is 1.26. The molecule has 4 heterocycles. The van der Waals surface area contributed by atoms with Crippen LogP contribution in [0.25, 0.3) is 0 Å². The molecule has 22 heavy (non-hydrogen) atoms. The molecule has 0 aliphatic carbocycles. The van der Waals surface area contributed by atoms with Crippen molar-refractivity contribution in [2.24, 2.45) is 0 Å². The molecule has 2 unspecified atom stereocenters. The number of likely N-dealkylation sites (N-methyl/N-ethyl adjacent to an activating group) is 1. The van der Waals surface area contributed by atoms with Crippen LogP contribution in [0, 0.1) is 0 Å². The number of nitrogens with zero attached hydrogens (tertiary/aromatic N) is 4. The van der Waals surface area contributed by atoms with Gasteiger partial charge in [0.15, 0.2) is 0 Å². The minimum atomic E-state index is -0.0509. The summed E-state index contributed by atoms with van der Waals surface area (Å²) in [7, 11) is 1.85. The van der Waals surface area contributed by atoms with E-state index >= 15 is 0 Å². The molecule has 2 aliphatic heterocycles. The van der Waals surface area contributed by atoms with Crippen LogP contribution < -0.4 is 4.74 Å². The fourth-order valence-corrected chi connectivity index (χ4v) is 3.76. The topological polar surface area (TPSA) is 58.6 Å². The van der Waals surface area contributed by atoms with Gasteiger partial charge in [-0.3, -0.25) is 9.69 Å². The van der Waals surface area contributed by atoms with Crippen molar-refractivity contribution in [3.05, 3.63) is 40.5 Å². The number of rotatable bonds is 2. The Hall–Kier alpha value is -1.99. The minimum Gasteiger partial charge on any atom is -0.470 e. The Balaban J connectivity index is 1.58. The van der Waals surface area contributed by atoms with Gasteiger partial charge < -0.3 is 9.64 Å². The molecule has 0 aromatic carbocycles. The highest BCUT2D eigenvalue weighted by Crippen LogP contribution is 2.29. The van der Waals surface area contributed by atoms with Crippen molar-refractivity contribution in [3.8, 4) is 5.88 Å². The summed E-state index contributed by atoms with van der Waals surface area (Å²) in [5.74, 6) is 0.426. The SMILES string of the molecule is CN1C(=O)c2cccnc2OC2CN(Cc3nccs3)CC21. The second-order valence-corrected chi connectivity index (χ2v) is 6.59. The molecule has 0 spiro atoms. The van der Waals surface area contributed by atoms with Gasteiger partial charge in [-0.25, -0.2) is 9.97 Å². The summed E-state index contributed by atoms with van der Waals surface area (Å²) in [5, 5.41) is 3.07. The van der Waals surface area contributed by atoms with Crippen molar-refractivity contribution in [3.63, 3.8) is 0 Å². The first-order valence-electron chi connectivity index (χ1n) is 7.22. The zero-order chi connectivity index (χ0) is 15.1. The molecule has 6 nitrogen and oxygen atoms in total. The lowest BCUT2D eigenvalue weighted by molar-refractivity contribution is 0.0680. The fourth-order valence-electron chi connectivity index (χ4n) is 3.10. The number of likely N-dealkylation sites (tertiary alicyclic amines) is 1. The second kappa shape index (κ2) is 5.33. The Morgan fingerprint density at radius 2 is 2.27 bits per heavy atom. The maximum atomic E-state index is 12.6. The highest BCUT2D eigenvalue weighted by molar-refractivity contribution is 7.09. The van der Waals surface area contributed by atoms with Crippen molar-refractivity contribution in [2.45, 2.75) is 18.7 Å². The first-order chi connectivity index (χ1) is 10.7. The Labute approximate surface area is 132 Å². The van der Waals surface area contributed by atoms with Crippen molar-refractivity contribution in [1.82, 2.24) is 19.8 Å². The summed E-state index contributed by atoms with van der Waals surface area (Å²) < 4.78 is 6.04. The lowest BCUT2D eigenvalue weighted by atomic mass is 10.2. The largest absolute Gasteiger partial charge is 0.470 e. The molecule has 114 valence electrons. The first kappa shape index (κ1) is 13.7. The smallest absolute Gasteiger partial charge is 0.259 e. The standard InChI is InChI=1S/C15H16N4O2S/c1-18-11-7-19(9-13-16-5-6-22-13)8-12(11)21-14-10(15(18)20)3-2-4-17-14/h2-6,11-12H,7-9H2,1H3. The van der Waals surface area contributed by atoms with Crippen LogP contribution in [0.1, 0.15) is 15.4 Å². The number of fused-ring (bicyclic) bond motifs is 2. The van der Waals surface area contributed by atoms with Gasteiger partial charge in [0.2, 0.25) is 5.88 Å². The van der Waals surface area contributed by atoms with E-state index in [9.17, 15) is 4.79 Å². The minimum absolute atomic E-state index is 0.0216. The van der Waals surface area contributed by atoms with E-state index in [-0.39, 0.29) is 18.1 Å². The van der Waals surface area contributed by atoms with Gasteiger partial charge in [-0.05, 0) is 12.1 Å². The fraction of sp³-hybridized carbons (Fsp3) is 0.400. The van der Waals surface area contributed by atoms with Crippen LogP contribution in [0.4, 0.5) is 0 Å². The molecule has 1 fully saturated rings. The number of ether oxygens (including phenoxy) is 1. The summed E-state index contributed by atoms with van der Waals surface area (Å²) in [5.41, 5.74) is 0.547. The van der Waals surface area contributed by atoms with Gasteiger partial charge in [-0.15, -0.1) is 11.3 Å². The zero-order valence-corrected chi connectivity index (χ0v) is 13.0. The molecule has 7 heteroatoms. The Morgan fingerprint density at radius 1 is 1.36 bits per heavy atom. The van der Waals surface area contributed by atoms with E-state index in [0.29, 0.717) is 11.4 Å². The van der Waals surface area contributed by atoms with E-state index in [2.05, 4.69) is 14.9 Å². The van der Waals surface area contributed by atoms with E-state index in [1.54, 1.807) is 34.6 Å². The van der Waals surface area contributed by atoms with Gasteiger partial charge in [-0.2, -0.15) is 0 Å². The molecular formula is C15H16N4O2S. The maximum Gasteiger partial charge on any atom is 0.259 e. The second-order valence-electron chi connectivity index (χ2n) is 5.62. The lowest BCUT2D eigenvalue weighted by Crippen LogP contribution is -2.44. The van der Waals surface area contributed by atoms with Crippen molar-refractivity contribution in [1.29, 1.82) is 0 Å². The zero-order valence-electron chi connectivity index (χ0n) is 12.2. The van der Waals surface area contributed by atoms with Gasteiger partial charge in [0.1, 0.15) is 16.7 Å². The van der Waals surface area contributed by atoms with Crippen LogP contribution >= 0.6 is 11.3 Å². The van der Waals surface area contributed by atoms with Gasteiger partial charge in [0.25, 0.3) is 5.91 Å². The molecule has 0 saturated carbocycles. The molecule has 0 radical (unpaired) electrons. The molecule has 1 saturated heterocycles. The molecule has 2 aromatic heterocycles. The number of carbonyl (C=O) groups is 1. The Morgan fingerprint density at radius 3 is 3.09 bits per heavy atom. The Bertz CT molecular complexity index is 691. The first-order valence-corrected chi connectivity index (χ1v) is 8.10. The van der Waals surface area contributed by atoms with E-state index in [4.69, 9.17) is 4.74 Å². The highest BCUT2D eigenvalue weighted by atomic mass is 32.1. The van der Waals surface area contributed by atoms with Gasteiger partial charge in [0.05, 0.1) is 12.6 Å². The van der Waals surface area contributed by atoms with Crippen LogP contribution in [-0.4, -0.2) is 58.0 Å². The molecule has 0 bridgehead atoms. The summed E-state index contributed by atoms with van der Waals surface area (Å²) >= 11 is 1.65. The molecule has 2 atom stereocenters. The average Bonchev–Trinajstić information content (AvgIpc) is 3.15. The summed E-state index contributed by atoms with van der Waals surface area (Å²) in [6, 6.07) is 3.58. The maximum absolute atomic E-state index is 12.6. The number of amides is 1. The number of carbonyl (C=O) groups excluding carboxylic acids is 1. The molecule has 0 N–H and O–H groups in total. The number of hydrogen-bond donors (Lipinski definition) is 0. The third-order valence-corrected chi connectivity index (χ3v) is 5.00.